The van der Waals surface area contributed by atoms with Gasteiger partial charge in [-0.15, -0.1) is 0 Å². The second-order valence-electron chi connectivity index (χ2n) is 4.50. The van der Waals surface area contributed by atoms with E-state index in [4.69, 9.17) is 0 Å². The molecule has 2 bridgehead atoms. The van der Waals surface area contributed by atoms with Crippen molar-refractivity contribution in [3.8, 4) is 0 Å². The number of allylic oxidation sites excluding steroid dienone is 1. The van der Waals surface area contributed by atoms with Crippen LogP contribution in [0.2, 0.25) is 0 Å². The summed E-state index contributed by atoms with van der Waals surface area (Å²) in [6, 6.07) is 0. The van der Waals surface area contributed by atoms with Crippen LogP contribution in [0.3, 0.4) is 0 Å². The Morgan fingerprint density at radius 2 is 2.10 bits per heavy atom. The van der Waals surface area contributed by atoms with Gasteiger partial charge in [0.05, 0.1) is 0 Å². The minimum Gasteiger partial charge on any atom is -0.0990 e. The van der Waals surface area contributed by atoms with E-state index < -0.39 is 0 Å². The lowest BCUT2D eigenvalue weighted by molar-refractivity contribution is 0.0460. The summed E-state index contributed by atoms with van der Waals surface area (Å²) in [5.41, 5.74) is 2.08. The Balaban J connectivity index is 2.22. The van der Waals surface area contributed by atoms with Crippen LogP contribution in [-0.4, -0.2) is 0 Å². The zero-order valence-electron chi connectivity index (χ0n) is 6.98. The summed E-state index contributed by atoms with van der Waals surface area (Å²) in [5, 5.41) is 0. The number of rotatable bonds is 0. The zero-order chi connectivity index (χ0) is 7.35. The topological polar surface area (TPSA) is 0 Å². The molecule has 3 aliphatic rings. The fourth-order valence-corrected chi connectivity index (χ4v) is 2.88. The molecule has 0 N–H and O–H groups in total. The fourth-order valence-electron chi connectivity index (χ4n) is 2.88. The van der Waals surface area contributed by atoms with E-state index in [1.807, 2.05) is 0 Å². The van der Waals surface area contributed by atoms with Crippen LogP contribution in [0, 0.1) is 17.3 Å². The van der Waals surface area contributed by atoms with Gasteiger partial charge in [0.2, 0.25) is 0 Å². The van der Waals surface area contributed by atoms with Crippen LogP contribution in [0.15, 0.2) is 12.2 Å². The fraction of sp³-hybridized carbons (Fsp3) is 0.800. The average Bonchev–Trinajstić information content (AvgIpc) is 1.78. The highest BCUT2D eigenvalue weighted by Gasteiger charge is 2.48. The van der Waals surface area contributed by atoms with E-state index in [1.165, 1.54) is 24.8 Å². The summed E-state index contributed by atoms with van der Waals surface area (Å²) in [6.45, 7) is 8.89. The van der Waals surface area contributed by atoms with E-state index in [-0.39, 0.29) is 0 Å². The van der Waals surface area contributed by atoms with Crippen LogP contribution in [0.4, 0.5) is 0 Å². The van der Waals surface area contributed by atoms with Crippen molar-refractivity contribution in [2.45, 2.75) is 33.1 Å². The maximum absolute atomic E-state index is 4.19. The van der Waals surface area contributed by atoms with Gasteiger partial charge in [-0.2, -0.15) is 0 Å². The first kappa shape index (κ1) is 6.45. The number of hydrogen-bond acceptors (Lipinski definition) is 0. The molecular formula is C10H16. The van der Waals surface area contributed by atoms with Gasteiger partial charge in [-0.1, -0.05) is 26.0 Å². The predicted octanol–water partition coefficient (Wildman–Crippen LogP) is 3.00. The lowest BCUT2D eigenvalue weighted by Gasteiger charge is -2.54. The summed E-state index contributed by atoms with van der Waals surface area (Å²) >= 11 is 0. The Labute approximate surface area is 63.3 Å². The summed E-state index contributed by atoms with van der Waals surface area (Å²) < 4.78 is 0. The van der Waals surface area contributed by atoms with Gasteiger partial charge in [-0.25, -0.2) is 0 Å². The number of fused-ring (bicyclic) bond motifs is 2. The standard InChI is InChI=1S/C10H16/c1-7-4-9-5-10(3,6-9)8(7)2/h7,9H,2,4-6H2,1,3H3. The molecule has 3 fully saturated rings. The molecule has 0 radical (unpaired) electrons. The van der Waals surface area contributed by atoms with Gasteiger partial charge in [-0.05, 0) is 36.5 Å². The summed E-state index contributed by atoms with van der Waals surface area (Å²) in [6.07, 6.45) is 4.26. The third-order valence-electron chi connectivity index (χ3n) is 3.54. The first-order valence-electron chi connectivity index (χ1n) is 4.31. The number of hydrogen-bond donors (Lipinski definition) is 0. The molecule has 0 aliphatic heterocycles. The van der Waals surface area contributed by atoms with Crippen molar-refractivity contribution < 1.29 is 0 Å². The lowest BCUT2D eigenvalue weighted by atomic mass is 9.50. The molecule has 3 rings (SSSR count). The van der Waals surface area contributed by atoms with Gasteiger partial charge < -0.3 is 0 Å². The summed E-state index contributed by atoms with van der Waals surface area (Å²) in [5.74, 6) is 1.85. The maximum Gasteiger partial charge on any atom is -0.0111 e. The minimum absolute atomic E-state index is 0.558. The molecule has 0 aromatic carbocycles. The van der Waals surface area contributed by atoms with E-state index in [0.29, 0.717) is 5.41 Å². The molecular weight excluding hydrogens is 120 g/mol. The Morgan fingerprint density at radius 3 is 2.50 bits per heavy atom. The summed E-state index contributed by atoms with van der Waals surface area (Å²) in [7, 11) is 0. The van der Waals surface area contributed by atoms with E-state index >= 15 is 0 Å². The van der Waals surface area contributed by atoms with E-state index in [0.717, 1.165) is 11.8 Å². The van der Waals surface area contributed by atoms with Crippen LogP contribution in [0.25, 0.3) is 0 Å². The van der Waals surface area contributed by atoms with Crippen molar-refractivity contribution in [2.75, 3.05) is 0 Å². The quantitative estimate of drug-likeness (QED) is 0.449. The van der Waals surface area contributed by atoms with Crippen molar-refractivity contribution in [3.63, 3.8) is 0 Å². The van der Waals surface area contributed by atoms with Crippen LogP contribution in [-0.2, 0) is 0 Å². The van der Waals surface area contributed by atoms with Gasteiger partial charge in [0.25, 0.3) is 0 Å². The van der Waals surface area contributed by atoms with Gasteiger partial charge in [-0.3, -0.25) is 0 Å². The van der Waals surface area contributed by atoms with Gasteiger partial charge in [0.1, 0.15) is 0 Å². The smallest absolute Gasteiger partial charge is 0.0111 e. The average molecular weight is 136 g/mol. The van der Waals surface area contributed by atoms with E-state index in [2.05, 4.69) is 20.4 Å². The van der Waals surface area contributed by atoms with Crippen LogP contribution in [0.5, 0.6) is 0 Å². The second kappa shape index (κ2) is 1.66. The van der Waals surface area contributed by atoms with Crippen LogP contribution < -0.4 is 0 Å². The highest BCUT2D eigenvalue weighted by atomic mass is 14.5. The molecule has 56 valence electrons. The maximum atomic E-state index is 4.19. The second-order valence-corrected chi connectivity index (χ2v) is 4.50. The van der Waals surface area contributed by atoms with E-state index in [1.54, 1.807) is 0 Å². The molecule has 0 amide bonds. The molecule has 0 saturated heterocycles. The zero-order valence-corrected chi connectivity index (χ0v) is 6.98. The normalized spacial score (nSPS) is 52.4. The Kier molecular flexibility index (Phi) is 1.07. The third-order valence-corrected chi connectivity index (χ3v) is 3.54. The van der Waals surface area contributed by atoms with Crippen molar-refractivity contribution >= 4 is 0 Å². The van der Waals surface area contributed by atoms with Crippen molar-refractivity contribution in [1.29, 1.82) is 0 Å². The van der Waals surface area contributed by atoms with Gasteiger partial charge >= 0.3 is 0 Å². The largest absolute Gasteiger partial charge is 0.0990 e. The Hall–Kier alpha value is -0.260. The SMILES string of the molecule is C=C1C(C)CC2CC1(C)C2. The van der Waals surface area contributed by atoms with E-state index in [9.17, 15) is 0 Å². The molecule has 0 spiro atoms. The molecule has 0 aromatic heterocycles. The first-order chi connectivity index (χ1) is 4.62. The van der Waals surface area contributed by atoms with Gasteiger partial charge in [0.15, 0.2) is 0 Å². The highest BCUT2D eigenvalue weighted by molar-refractivity contribution is 5.21. The Morgan fingerprint density at radius 1 is 1.50 bits per heavy atom. The molecule has 3 aliphatic carbocycles. The molecule has 1 atom stereocenters. The predicted molar refractivity (Wildman–Crippen MR) is 43.8 cm³/mol. The minimum atomic E-state index is 0.558. The monoisotopic (exact) mass is 136 g/mol. The summed E-state index contributed by atoms with van der Waals surface area (Å²) in [4.78, 5) is 0. The molecule has 0 aromatic rings. The molecule has 0 heteroatoms. The Bertz CT molecular complexity index is 170. The van der Waals surface area contributed by atoms with Crippen molar-refractivity contribution in [2.24, 2.45) is 17.3 Å². The molecule has 3 saturated carbocycles. The molecule has 0 nitrogen and oxygen atoms in total. The van der Waals surface area contributed by atoms with Crippen LogP contribution in [0.1, 0.15) is 33.1 Å². The third kappa shape index (κ3) is 0.624. The van der Waals surface area contributed by atoms with Crippen molar-refractivity contribution in [1.82, 2.24) is 0 Å². The van der Waals surface area contributed by atoms with Crippen LogP contribution >= 0.6 is 0 Å². The highest BCUT2D eigenvalue weighted by Crippen LogP contribution is 2.59. The molecule has 1 unspecified atom stereocenters. The first-order valence-corrected chi connectivity index (χ1v) is 4.31. The van der Waals surface area contributed by atoms with Gasteiger partial charge in [0, 0.05) is 0 Å². The van der Waals surface area contributed by atoms with Crippen molar-refractivity contribution in [3.05, 3.63) is 12.2 Å². The molecule has 0 heterocycles. The molecule has 10 heavy (non-hydrogen) atoms. The lowest BCUT2D eigenvalue weighted by Crippen LogP contribution is -2.43.